The van der Waals surface area contributed by atoms with E-state index in [-0.39, 0.29) is 37.9 Å². The Morgan fingerprint density at radius 1 is 0.907 bits per heavy atom. The van der Waals surface area contributed by atoms with Gasteiger partial charge in [-0.2, -0.15) is 11.8 Å². The fourth-order valence-electron chi connectivity index (χ4n) is 4.94. The van der Waals surface area contributed by atoms with Crippen LogP contribution >= 0.6 is 11.8 Å². The summed E-state index contributed by atoms with van der Waals surface area (Å²) in [5.74, 6) is 0.914. The molecular weight excluding hydrogens is 568 g/mol. The van der Waals surface area contributed by atoms with Gasteiger partial charge >= 0.3 is 12.0 Å². The summed E-state index contributed by atoms with van der Waals surface area (Å²) in [5, 5.41) is 24.2. The zero-order valence-corrected chi connectivity index (χ0v) is 25.3. The van der Waals surface area contributed by atoms with Crippen LogP contribution in [0.5, 0.6) is 0 Å². The lowest BCUT2D eigenvalue weighted by atomic mass is 9.91. The topological polar surface area (TPSA) is 126 Å². The molecule has 0 saturated carbocycles. The van der Waals surface area contributed by atoms with Crippen LogP contribution in [0.4, 0.5) is 4.79 Å². The molecule has 2 amide bonds. The molecule has 4 N–H and O–H groups in total. The molecular formula is C33H40N2O7S. The summed E-state index contributed by atoms with van der Waals surface area (Å²) in [6.07, 6.45) is -0.583. The highest BCUT2D eigenvalue weighted by Crippen LogP contribution is 2.42. The molecule has 1 saturated heterocycles. The Balaban J connectivity index is 1.39. The van der Waals surface area contributed by atoms with E-state index in [1.165, 1.54) is 7.11 Å². The monoisotopic (exact) mass is 608 g/mol. The van der Waals surface area contributed by atoms with Crippen LogP contribution in [-0.2, 0) is 38.6 Å². The molecule has 3 aromatic rings. The van der Waals surface area contributed by atoms with Crippen LogP contribution in [0.3, 0.4) is 0 Å². The summed E-state index contributed by atoms with van der Waals surface area (Å²) < 4.78 is 17.8. The number of esters is 1. The number of methoxy groups -OCH3 is 1. The van der Waals surface area contributed by atoms with E-state index >= 15 is 0 Å². The maximum absolute atomic E-state index is 12.6. The maximum Gasteiger partial charge on any atom is 0.328 e. The quantitative estimate of drug-likeness (QED) is 0.167. The molecule has 4 rings (SSSR count). The van der Waals surface area contributed by atoms with Crippen molar-refractivity contribution in [2.75, 3.05) is 25.2 Å². The van der Waals surface area contributed by atoms with Crippen molar-refractivity contribution in [3.05, 3.63) is 107 Å². The zero-order valence-electron chi connectivity index (χ0n) is 24.5. The zero-order chi connectivity index (χ0) is 30.6. The van der Waals surface area contributed by atoms with Crippen LogP contribution in [-0.4, -0.2) is 59.6 Å². The molecule has 43 heavy (non-hydrogen) atoms. The summed E-state index contributed by atoms with van der Waals surface area (Å²) >= 11 is 1.64. The van der Waals surface area contributed by atoms with Gasteiger partial charge < -0.3 is 35.1 Å². The predicted molar refractivity (Wildman–Crippen MR) is 165 cm³/mol. The third kappa shape index (κ3) is 9.29. The molecule has 10 heteroatoms. The van der Waals surface area contributed by atoms with Crippen LogP contribution in [0.1, 0.15) is 47.1 Å². The van der Waals surface area contributed by atoms with Crippen LogP contribution in [0.25, 0.3) is 0 Å². The van der Waals surface area contributed by atoms with E-state index < -0.39 is 24.3 Å². The Hall–Kier alpha value is -3.41. The molecule has 0 radical (unpaired) electrons. The van der Waals surface area contributed by atoms with Crippen LogP contribution in [0.2, 0.25) is 0 Å². The van der Waals surface area contributed by atoms with E-state index in [0.29, 0.717) is 12.2 Å². The van der Waals surface area contributed by atoms with Crippen LogP contribution < -0.4 is 10.6 Å². The van der Waals surface area contributed by atoms with E-state index in [1.54, 1.807) is 11.8 Å². The fraction of sp³-hybridized carbons (Fsp3) is 0.394. The average Bonchev–Trinajstić information content (AvgIpc) is 3.05. The van der Waals surface area contributed by atoms with Crippen molar-refractivity contribution in [2.24, 2.45) is 5.92 Å². The number of carbonyl (C=O) groups excluding carboxylic acids is 2. The highest BCUT2D eigenvalue weighted by molar-refractivity contribution is 7.99. The van der Waals surface area contributed by atoms with Crippen molar-refractivity contribution < 1.29 is 34.0 Å². The first-order chi connectivity index (χ1) is 20.9. The molecule has 230 valence electrons. The lowest BCUT2D eigenvalue weighted by molar-refractivity contribution is -0.268. The second-order valence-electron chi connectivity index (χ2n) is 10.5. The number of carbonyl (C=O) groups is 2. The van der Waals surface area contributed by atoms with Gasteiger partial charge in [-0.3, -0.25) is 0 Å². The van der Waals surface area contributed by atoms with Crippen LogP contribution in [0, 0.1) is 5.92 Å². The summed E-state index contributed by atoms with van der Waals surface area (Å²) in [4.78, 5) is 24.9. The Bertz CT molecular complexity index is 1290. The summed E-state index contributed by atoms with van der Waals surface area (Å²) in [6.45, 7) is 2.46. The largest absolute Gasteiger partial charge is 0.467 e. The van der Waals surface area contributed by atoms with E-state index in [4.69, 9.17) is 14.2 Å². The number of thioether (sulfide) groups is 1. The Labute approximate surface area is 256 Å². The second-order valence-corrected chi connectivity index (χ2v) is 11.6. The molecule has 5 atom stereocenters. The molecule has 0 spiro atoms. The molecule has 1 heterocycles. The van der Waals surface area contributed by atoms with Crippen molar-refractivity contribution in [1.82, 2.24) is 10.6 Å². The minimum atomic E-state index is -0.811. The second kappa shape index (κ2) is 16.4. The number of rotatable bonds is 13. The van der Waals surface area contributed by atoms with Crippen molar-refractivity contribution in [2.45, 2.75) is 51.0 Å². The van der Waals surface area contributed by atoms with Crippen molar-refractivity contribution in [3.63, 3.8) is 0 Å². The van der Waals surface area contributed by atoms with Gasteiger partial charge in [0.05, 0.1) is 32.5 Å². The van der Waals surface area contributed by atoms with Gasteiger partial charge in [-0.05, 0) is 22.3 Å². The standard InChI is InChI=1S/C33H40N2O7S/c1-22-29(21-43-17-16-36)41-32(42-30(22)26-12-10-25(20-37)11-13-26)27-14-8-24(9-15-27)19-34-33(39)35-28(31(38)40-2)18-23-6-4-3-5-7-23/h3-15,22,28-30,32,36-37H,16-21H2,1-2H3,(H2,34,35,39)/t22-,28-,29+,30+,32+/m0/s1. The van der Waals surface area contributed by atoms with Gasteiger partial charge in [0.15, 0.2) is 6.29 Å². The smallest absolute Gasteiger partial charge is 0.328 e. The summed E-state index contributed by atoms with van der Waals surface area (Å²) in [5.41, 5.74) is 4.48. The van der Waals surface area contributed by atoms with Gasteiger partial charge in [-0.15, -0.1) is 0 Å². The third-order valence-corrected chi connectivity index (χ3v) is 8.46. The number of benzene rings is 3. The number of hydrogen-bond acceptors (Lipinski definition) is 8. The molecule has 0 unspecified atom stereocenters. The lowest BCUT2D eigenvalue weighted by Gasteiger charge is -2.41. The van der Waals surface area contributed by atoms with E-state index in [0.717, 1.165) is 33.6 Å². The van der Waals surface area contributed by atoms with Crippen LogP contribution in [0.15, 0.2) is 78.9 Å². The maximum atomic E-state index is 12.6. The predicted octanol–water partition coefficient (Wildman–Crippen LogP) is 4.28. The third-order valence-electron chi connectivity index (χ3n) is 7.42. The summed E-state index contributed by atoms with van der Waals surface area (Å²) in [7, 11) is 1.30. The first-order valence-electron chi connectivity index (χ1n) is 14.4. The molecule has 1 aliphatic heterocycles. The number of nitrogens with one attached hydrogen (secondary N) is 2. The van der Waals surface area contributed by atoms with Crippen molar-refractivity contribution in [3.8, 4) is 0 Å². The van der Waals surface area contributed by atoms with Crippen molar-refractivity contribution >= 4 is 23.8 Å². The molecule has 3 aromatic carbocycles. The van der Waals surface area contributed by atoms with E-state index in [9.17, 15) is 19.8 Å². The molecule has 1 aliphatic rings. The number of ether oxygens (including phenoxy) is 3. The lowest BCUT2D eigenvalue weighted by Crippen LogP contribution is -2.47. The molecule has 9 nitrogen and oxygen atoms in total. The highest BCUT2D eigenvalue weighted by atomic mass is 32.2. The SMILES string of the molecule is COC(=O)[C@H](Cc1ccccc1)NC(=O)NCc1ccc([C@@H]2O[C@H](CSCCO)[C@H](C)[C@H](c3ccc(CO)cc3)O2)cc1. The number of amides is 2. The average molecular weight is 609 g/mol. The van der Waals surface area contributed by atoms with Crippen molar-refractivity contribution in [1.29, 1.82) is 0 Å². The molecule has 0 bridgehead atoms. The van der Waals surface area contributed by atoms with Gasteiger partial charge in [-0.25, -0.2) is 9.59 Å². The van der Waals surface area contributed by atoms with E-state index in [2.05, 4.69) is 17.6 Å². The first kappa shape index (κ1) is 32.5. The van der Waals surface area contributed by atoms with Gasteiger partial charge in [0, 0.05) is 36.0 Å². The Morgan fingerprint density at radius 3 is 2.23 bits per heavy atom. The fourth-order valence-corrected chi connectivity index (χ4v) is 5.85. The highest BCUT2D eigenvalue weighted by Gasteiger charge is 2.38. The summed E-state index contributed by atoms with van der Waals surface area (Å²) in [6, 6.07) is 23.6. The molecule has 1 fully saturated rings. The van der Waals surface area contributed by atoms with Gasteiger partial charge in [0.25, 0.3) is 0 Å². The van der Waals surface area contributed by atoms with Gasteiger partial charge in [-0.1, -0.05) is 85.8 Å². The Kier molecular flexibility index (Phi) is 12.4. The minimum absolute atomic E-state index is 0.0179. The Morgan fingerprint density at radius 2 is 1.58 bits per heavy atom. The number of urea groups is 1. The molecule has 0 aromatic heterocycles. The van der Waals surface area contributed by atoms with Gasteiger partial charge in [0.2, 0.25) is 0 Å². The number of aliphatic hydroxyl groups excluding tert-OH is 2. The van der Waals surface area contributed by atoms with E-state index in [1.807, 2.05) is 78.9 Å². The molecule has 0 aliphatic carbocycles. The first-order valence-corrected chi connectivity index (χ1v) is 15.5. The normalized spacial score (nSPS) is 20.7. The minimum Gasteiger partial charge on any atom is -0.467 e. The number of aliphatic hydroxyl groups is 2. The number of hydrogen-bond donors (Lipinski definition) is 4. The van der Waals surface area contributed by atoms with Gasteiger partial charge in [0.1, 0.15) is 6.04 Å².